The molecule has 7 rings (SSSR count). The molecular formula is C31H37FN6O2. The number of anilines is 1. The summed E-state index contributed by atoms with van der Waals surface area (Å²) in [7, 11) is 0. The Morgan fingerprint density at radius 3 is 2.58 bits per heavy atom. The van der Waals surface area contributed by atoms with E-state index in [9.17, 15) is 5.11 Å². The van der Waals surface area contributed by atoms with E-state index in [0.717, 1.165) is 72.9 Å². The van der Waals surface area contributed by atoms with Crippen molar-refractivity contribution in [2.24, 2.45) is 0 Å². The standard InChI is InChI=1S/C31H37FN6O2/c1-19-13-24-23(16-34-36-24)26(20(19)2)28-27(32)21-14-25(40-18-31-8-5-11-38(31)12-6-9-31)35-29(22(21)15-33-28)37-10-4-7-30(3,39)17-37/h13-16,39H,4-12,17-18H2,1-3H3,(H,34,36). The second kappa shape index (κ2) is 9.38. The number of aliphatic hydroxyl groups is 1. The lowest BCUT2D eigenvalue weighted by Crippen LogP contribution is -2.46. The minimum atomic E-state index is -0.840. The van der Waals surface area contributed by atoms with Gasteiger partial charge in [-0.25, -0.2) is 4.39 Å². The number of hydrogen-bond acceptors (Lipinski definition) is 7. The predicted octanol–water partition coefficient (Wildman–Crippen LogP) is 5.29. The molecule has 210 valence electrons. The van der Waals surface area contributed by atoms with Crippen LogP contribution in [0.5, 0.6) is 5.88 Å². The molecule has 3 aromatic heterocycles. The van der Waals surface area contributed by atoms with Crippen LogP contribution in [0.4, 0.5) is 10.2 Å². The molecular weight excluding hydrogens is 507 g/mol. The first-order chi connectivity index (χ1) is 19.2. The number of aromatic nitrogens is 4. The highest BCUT2D eigenvalue weighted by Crippen LogP contribution is 2.41. The summed E-state index contributed by atoms with van der Waals surface area (Å²) in [5.41, 5.74) is 3.12. The van der Waals surface area contributed by atoms with Gasteiger partial charge in [0, 0.05) is 47.1 Å². The summed E-state index contributed by atoms with van der Waals surface area (Å²) >= 11 is 0. The Morgan fingerprint density at radius 1 is 1.02 bits per heavy atom. The van der Waals surface area contributed by atoms with Crippen molar-refractivity contribution in [3.05, 3.63) is 41.5 Å². The first kappa shape index (κ1) is 25.7. The van der Waals surface area contributed by atoms with E-state index in [2.05, 4.69) is 25.0 Å². The highest BCUT2D eigenvalue weighted by Gasteiger charge is 2.45. The molecule has 6 heterocycles. The van der Waals surface area contributed by atoms with Crippen LogP contribution in [0.25, 0.3) is 32.9 Å². The van der Waals surface area contributed by atoms with Gasteiger partial charge in [0.15, 0.2) is 5.82 Å². The summed E-state index contributed by atoms with van der Waals surface area (Å²) in [6.07, 6.45) is 9.63. The van der Waals surface area contributed by atoms with Crippen LogP contribution in [0.15, 0.2) is 24.5 Å². The van der Waals surface area contributed by atoms with Gasteiger partial charge in [0.05, 0.1) is 22.9 Å². The molecule has 0 bridgehead atoms. The predicted molar refractivity (Wildman–Crippen MR) is 154 cm³/mol. The monoisotopic (exact) mass is 544 g/mol. The van der Waals surface area contributed by atoms with Crippen molar-refractivity contribution in [2.45, 2.75) is 70.4 Å². The van der Waals surface area contributed by atoms with Gasteiger partial charge in [-0.3, -0.25) is 15.0 Å². The van der Waals surface area contributed by atoms with Gasteiger partial charge in [0.2, 0.25) is 5.88 Å². The van der Waals surface area contributed by atoms with Crippen LogP contribution in [0.1, 0.15) is 56.6 Å². The van der Waals surface area contributed by atoms with Crippen molar-refractivity contribution < 1.29 is 14.2 Å². The van der Waals surface area contributed by atoms with E-state index in [-0.39, 0.29) is 5.54 Å². The first-order valence-corrected chi connectivity index (χ1v) is 14.5. The molecule has 3 aliphatic heterocycles. The number of nitrogens with zero attached hydrogens (tertiary/aromatic N) is 5. The number of H-pyrrole nitrogens is 1. The fraction of sp³-hybridized carbons (Fsp3) is 0.516. The number of hydrogen-bond donors (Lipinski definition) is 2. The van der Waals surface area contributed by atoms with Crippen LogP contribution < -0.4 is 9.64 Å². The van der Waals surface area contributed by atoms with Crippen LogP contribution in [0.3, 0.4) is 0 Å². The third kappa shape index (κ3) is 4.13. The molecule has 4 aromatic rings. The summed E-state index contributed by atoms with van der Waals surface area (Å²) in [4.78, 5) is 14.2. The number of pyridine rings is 2. The number of aromatic amines is 1. The van der Waals surface area contributed by atoms with Gasteiger partial charge in [-0.15, -0.1) is 0 Å². The van der Waals surface area contributed by atoms with Crippen molar-refractivity contribution >= 4 is 27.5 Å². The van der Waals surface area contributed by atoms with E-state index in [0.29, 0.717) is 41.3 Å². The lowest BCUT2D eigenvalue weighted by Gasteiger charge is -2.38. The lowest BCUT2D eigenvalue weighted by molar-refractivity contribution is 0.0447. The fourth-order valence-corrected chi connectivity index (χ4v) is 7.33. The van der Waals surface area contributed by atoms with Crippen molar-refractivity contribution in [1.82, 2.24) is 25.1 Å². The number of halogens is 1. The molecule has 0 aliphatic carbocycles. The molecule has 3 fully saturated rings. The molecule has 0 saturated carbocycles. The molecule has 8 nitrogen and oxygen atoms in total. The van der Waals surface area contributed by atoms with Crippen LogP contribution in [-0.4, -0.2) is 74.1 Å². The van der Waals surface area contributed by atoms with E-state index in [4.69, 9.17) is 9.72 Å². The van der Waals surface area contributed by atoms with E-state index in [1.807, 2.05) is 26.8 Å². The lowest BCUT2D eigenvalue weighted by atomic mass is 9.94. The largest absolute Gasteiger partial charge is 0.476 e. The number of benzene rings is 1. The summed E-state index contributed by atoms with van der Waals surface area (Å²) in [5, 5.41) is 20.0. The topological polar surface area (TPSA) is 90.4 Å². The summed E-state index contributed by atoms with van der Waals surface area (Å²) < 4.78 is 23.1. The van der Waals surface area contributed by atoms with Gasteiger partial charge in [-0.1, -0.05) is 0 Å². The Morgan fingerprint density at radius 2 is 1.80 bits per heavy atom. The Labute approximate surface area is 233 Å². The molecule has 0 radical (unpaired) electrons. The second-order valence-corrected chi connectivity index (χ2v) is 12.4. The van der Waals surface area contributed by atoms with Crippen molar-refractivity contribution in [3.8, 4) is 17.1 Å². The zero-order valence-electron chi connectivity index (χ0n) is 23.6. The number of aryl methyl sites for hydroxylation is 1. The van der Waals surface area contributed by atoms with Crippen LogP contribution in [0.2, 0.25) is 0 Å². The zero-order valence-corrected chi connectivity index (χ0v) is 23.6. The van der Waals surface area contributed by atoms with Gasteiger partial charge in [-0.05, 0) is 89.6 Å². The molecule has 1 atom stereocenters. The molecule has 1 aromatic carbocycles. The van der Waals surface area contributed by atoms with Crippen LogP contribution in [0, 0.1) is 19.7 Å². The fourth-order valence-electron chi connectivity index (χ4n) is 7.33. The maximum absolute atomic E-state index is 16.7. The van der Waals surface area contributed by atoms with Crippen molar-refractivity contribution in [3.63, 3.8) is 0 Å². The average molecular weight is 545 g/mol. The minimum absolute atomic E-state index is 0.0547. The third-order valence-corrected chi connectivity index (χ3v) is 9.56. The average Bonchev–Trinajstić information content (AvgIpc) is 3.64. The number of ether oxygens (including phenoxy) is 1. The SMILES string of the molecule is Cc1cc2[nH]ncc2c(-c2ncc3c(N4CCCC(C)(O)C4)nc(OCC45CCCN4CCC5)cc3c2F)c1C. The highest BCUT2D eigenvalue weighted by atomic mass is 19.1. The summed E-state index contributed by atoms with van der Waals surface area (Å²) in [6.45, 7) is 9.80. The van der Waals surface area contributed by atoms with Crippen molar-refractivity contribution in [2.75, 3.05) is 37.7 Å². The maximum Gasteiger partial charge on any atom is 0.216 e. The Hall–Kier alpha value is -3.30. The first-order valence-electron chi connectivity index (χ1n) is 14.5. The Balaban J connectivity index is 1.37. The molecule has 40 heavy (non-hydrogen) atoms. The normalized spacial score (nSPS) is 22.9. The Kier molecular flexibility index (Phi) is 6.02. The third-order valence-electron chi connectivity index (χ3n) is 9.56. The van der Waals surface area contributed by atoms with Gasteiger partial charge < -0.3 is 14.7 Å². The number of piperidine rings is 1. The highest BCUT2D eigenvalue weighted by molar-refractivity contribution is 6.00. The van der Waals surface area contributed by atoms with Gasteiger partial charge >= 0.3 is 0 Å². The zero-order chi connectivity index (χ0) is 27.6. The Bertz CT molecular complexity index is 1600. The second-order valence-electron chi connectivity index (χ2n) is 12.4. The summed E-state index contributed by atoms with van der Waals surface area (Å²) in [6, 6.07) is 3.77. The van der Waals surface area contributed by atoms with Gasteiger partial charge in [0.1, 0.15) is 18.1 Å². The molecule has 0 spiro atoms. The van der Waals surface area contributed by atoms with E-state index in [1.54, 1.807) is 18.5 Å². The summed E-state index contributed by atoms with van der Waals surface area (Å²) in [5.74, 6) is 0.644. The van der Waals surface area contributed by atoms with Crippen molar-refractivity contribution in [1.29, 1.82) is 0 Å². The van der Waals surface area contributed by atoms with Gasteiger partial charge in [0.25, 0.3) is 0 Å². The van der Waals surface area contributed by atoms with Crippen LogP contribution >= 0.6 is 0 Å². The molecule has 3 saturated heterocycles. The molecule has 0 amide bonds. The molecule has 9 heteroatoms. The molecule has 3 aliphatic rings. The molecule has 2 N–H and O–H groups in total. The van der Waals surface area contributed by atoms with E-state index >= 15 is 4.39 Å². The van der Waals surface area contributed by atoms with Gasteiger partial charge in [-0.2, -0.15) is 10.1 Å². The van der Waals surface area contributed by atoms with E-state index in [1.165, 1.54) is 12.8 Å². The van der Waals surface area contributed by atoms with Crippen LogP contribution in [-0.2, 0) is 0 Å². The number of nitrogens with one attached hydrogen (secondary N) is 1. The molecule has 1 unspecified atom stereocenters. The minimum Gasteiger partial charge on any atom is -0.476 e. The number of rotatable bonds is 5. The number of fused-ring (bicyclic) bond motifs is 3. The number of β-amino-alcohol motifs (C(OH)–C–C–N with tert-alkyl or cyclic N) is 1. The quantitative estimate of drug-likeness (QED) is 0.353. The van der Waals surface area contributed by atoms with E-state index < -0.39 is 11.4 Å². The smallest absolute Gasteiger partial charge is 0.216 e. The maximum atomic E-state index is 16.7.